The van der Waals surface area contributed by atoms with Gasteiger partial charge in [-0.25, -0.2) is 0 Å². The quantitative estimate of drug-likeness (QED) is 0.646. The molecule has 0 amide bonds. The fraction of sp³-hybridized carbons (Fsp3) is 0.462. The summed E-state index contributed by atoms with van der Waals surface area (Å²) >= 11 is 0. The molecule has 3 aromatic rings. The molecule has 0 radical (unpaired) electrons. The van der Waals surface area contributed by atoms with Gasteiger partial charge in [0.25, 0.3) is 0 Å². The molecular weight excluding hydrogens is 354 g/mol. The van der Waals surface area contributed by atoms with Crippen LogP contribution in [0.1, 0.15) is 43.5 Å². The molecule has 5 rings (SSSR count). The van der Waals surface area contributed by atoms with E-state index in [2.05, 4.69) is 97.7 Å². The van der Waals surface area contributed by atoms with Gasteiger partial charge in [-0.2, -0.15) is 0 Å². The number of hydrogen-bond acceptors (Lipinski definition) is 2. The first-order valence-electron chi connectivity index (χ1n) is 11.1. The van der Waals surface area contributed by atoms with E-state index in [4.69, 9.17) is 0 Å². The summed E-state index contributed by atoms with van der Waals surface area (Å²) in [5, 5.41) is 5.40. The lowest BCUT2D eigenvalue weighted by Gasteiger charge is -2.58. The monoisotopic (exact) mass is 387 g/mol. The Morgan fingerprint density at radius 3 is 2.24 bits per heavy atom. The fourth-order valence-corrected chi connectivity index (χ4v) is 7.07. The fourth-order valence-electron chi connectivity index (χ4n) is 7.07. The van der Waals surface area contributed by atoms with E-state index < -0.39 is 0 Å². The maximum Gasteiger partial charge on any atom is 0.0596 e. The molecule has 1 aliphatic carbocycles. The van der Waals surface area contributed by atoms with E-state index in [0.717, 1.165) is 25.8 Å². The Kier molecular flexibility index (Phi) is 4.38. The summed E-state index contributed by atoms with van der Waals surface area (Å²) in [6.07, 6.45) is 3.40. The highest BCUT2D eigenvalue weighted by Crippen LogP contribution is 2.55. The molecule has 152 valence electrons. The molecular formula is C26H33N3. The standard InChI is InChI=1S/C26H33N3/c1-18-16-25(17-19(2)26(18,29(3)4)20-10-6-5-7-11-20)24-22(14-15-27-25)21-12-8-9-13-23(21)28-24/h5-13,18-19,27-28H,14-17H2,1-4H3. The Labute approximate surface area is 174 Å². The molecule has 2 atom stereocenters. The Balaban J connectivity index is 1.63. The van der Waals surface area contributed by atoms with Gasteiger partial charge in [-0.15, -0.1) is 0 Å². The predicted molar refractivity (Wildman–Crippen MR) is 121 cm³/mol. The largest absolute Gasteiger partial charge is 0.357 e. The first kappa shape index (κ1) is 18.9. The van der Waals surface area contributed by atoms with Crippen LogP contribution in [0.15, 0.2) is 54.6 Å². The zero-order valence-corrected chi connectivity index (χ0v) is 18.1. The third-order valence-electron chi connectivity index (χ3n) is 7.92. The minimum absolute atomic E-state index is 0.0414. The Morgan fingerprint density at radius 1 is 0.897 bits per heavy atom. The predicted octanol–water partition coefficient (Wildman–Crippen LogP) is 5.03. The smallest absolute Gasteiger partial charge is 0.0596 e. The highest BCUT2D eigenvalue weighted by molar-refractivity contribution is 5.85. The van der Waals surface area contributed by atoms with E-state index >= 15 is 0 Å². The van der Waals surface area contributed by atoms with Gasteiger partial charge in [0.1, 0.15) is 0 Å². The van der Waals surface area contributed by atoms with Crippen molar-refractivity contribution < 1.29 is 0 Å². The topological polar surface area (TPSA) is 31.1 Å². The number of aromatic nitrogens is 1. The van der Waals surface area contributed by atoms with Crippen LogP contribution in [0.3, 0.4) is 0 Å². The average molecular weight is 388 g/mol. The molecule has 29 heavy (non-hydrogen) atoms. The van der Waals surface area contributed by atoms with E-state index in [0.29, 0.717) is 11.8 Å². The Hall–Kier alpha value is -2.10. The number of nitrogens with one attached hydrogen (secondary N) is 2. The molecule has 2 aromatic carbocycles. The lowest BCUT2D eigenvalue weighted by Crippen LogP contribution is -2.62. The highest BCUT2D eigenvalue weighted by atomic mass is 15.2. The number of aromatic amines is 1. The van der Waals surface area contributed by atoms with E-state index in [1.54, 1.807) is 0 Å². The lowest BCUT2D eigenvalue weighted by atomic mass is 9.56. The van der Waals surface area contributed by atoms with Gasteiger partial charge in [0.05, 0.1) is 11.1 Å². The van der Waals surface area contributed by atoms with Gasteiger partial charge in [-0.05, 0) is 62.4 Å². The number of fused-ring (bicyclic) bond motifs is 4. The summed E-state index contributed by atoms with van der Waals surface area (Å²) in [5.74, 6) is 1.04. The summed E-state index contributed by atoms with van der Waals surface area (Å²) < 4.78 is 0. The summed E-state index contributed by atoms with van der Waals surface area (Å²) in [7, 11) is 4.53. The summed E-state index contributed by atoms with van der Waals surface area (Å²) in [4.78, 5) is 6.32. The Bertz CT molecular complexity index is 1000. The average Bonchev–Trinajstić information content (AvgIpc) is 3.09. The van der Waals surface area contributed by atoms with E-state index in [1.807, 2.05) is 0 Å². The molecule has 1 saturated carbocycles. The number of rotatable bonds is 2. The van der Waals surface area contributed by atoms with Crippen LogP contribution in [0, 0.1) is 11.8 Å². The summed E-state index contributed by atoms with van der Waals surface area (Å²) in [5.41, 5.74) is 5.82. The third kappa shape index (κ3) is 2.57. The van der Waals surface area contributed by atoms with E-state index in [9.17, 15) is 0 Å². The number of benzene rings is 2. The third-order valence-corrected chi connectivity index (χ3v) is 7.92. The molecule has 0 bridgehead atoms. The maximum absolute atomic E-state index is 3.99. The number of hydrogen-bond donors (Lipinski definition) is 2. The number of H-pyrrole nitrogens is 1. The van der Waals surface area contributed by atoms with Crippen molar-refractivity contribution in [2.24, 2.45) is 11.8 Å². The summed E-state index contributed by atoms with van der Waals surface area (Å²) in [6, 6.07) is 20.0. The van der Waals surface area contributed by atoms with Gasteiger partial charge >= 0.3 is 0 Å². The number of para-hydroxylation sites is 1. The van der Waals surface area contributed by atoms with Gasteiger partial charge in [-0.1, -0.05) is 62.4 Å². The van der Waals surface area contributed by atoms with Crippen LogP contribution in [0.2, 0.25) is 0 Å². The second kappa shape index (κ2) is 6.72. The van der Waals surface area contributed by atoms with Crippen molar-refractivity contribution in [3.05, 3.63) is 71.4 Å². The van der Waals surface area contributed by atoms with Crippen molar-refractivity contribution in [1.29, 1.82) is 0 Å². The second-order valence-electron chi connectivity index (χ2n) is 9.58. The van der Waals surface area contributed by atoms with Crippen LogP contribution < -0.4 is 5.32 Å². The first-order chi connectivity index (χ1) is 14.0. The van der Waals surface area contributed by atoms with Crippen LogP contribution in [0.25, 0.3) is 10.9 Å². The molecule has 2 N–H and O–H groups in total. The molecule has 2 aliphatic rings. The van der Waals surface area contributed by atoms with Gasteiger partial charge in [0.2, 0.25) is 0 Å². The normalized spacial score (nSPS) is 32.0. The van der Waals surface area contributed by atoms with Crippen molar-refractivity contribution in [1.82, 2.24) is 15.2 Å². The van der Waals surface area contributed by atoms with E-state index in [-0.39, 0.29) is 11.1 Å². The molecule has 2 unspecified atom stereocenters. The van der Waals surface area contributed by atoms with Crippen molar-refractivity contribution in [3.8, 4) is 0 Å². The molecule has 1 fully saturated rings. The van der Waals surface area contributed by atoms with Crippen LogP contribution in [0.4, 0.5) is 0 Å². The highest BCUT2D eigenvalue weighted by Gasteiger charge is 2.55. The van der Waals surface area contributed by atoms with Crippen LogP contribution in [-0.2, 0) is 17.5 Å². The lowest BCUT2D eigenvalue weighted by molar-refractivity contribution is -0.0485. The second-order valence-corrected chi connectivity index (χ2v) is 9.58. The van der Waals surface area contributed by atoms with Crippen molar-refractivity contribution in [2.75, 3.05) is 20.6 Å². The number of nitrogens with zero attached hydrogens (tertiary/aromatic N) is 1. The van der Waals surface area contributed by atoms with E-state index in [1.165, 1.54) is 27.7 Å². The molecule has 1 spiro atoms. The molecule has 2 heterocycles. The van der Waals surface area contributed by atoms with Crippen molar-refractivity contribution in [2.45, 2.75) is 44.2 Å². The summed E-state index contributed by atoms with van der Waals surface area (Å²) in [6.45, 7) is 5.99. The zero-order valence-electron chi connectivity index (χ0n) is 18.1. The van der Waals surface area contributed by atoms with Crippen LogP contribution in [0.5, 0.6) is 0 Å². The minimum Gasteiger partial charge on any atom is -0.357 e. The van der Waals surface area contributed by atoms with Crippen LogP contribution >= 0.6 is 0 Å². The SMILES string of the molecule is CC1CC2(CC(C)C1(c1ccccc1)N(C)C)NCCc1c2[nH]c2ccccc12. The maximum atomic E-state index is 3.99. The van der Waals surface area contributed by atoms with Gasteiger partial charge < -0.3 is 10.3 Å². The molecule has 1 aromatic heterocycles. The van der Waals surface area contributed by atoms with Crippen molar-refractivity contribution in [3.63, 3.8) is 0 Å². The molecule has 1 aliphatic heterocycles. The van der Waals surface area contributed by atoms with Gasteiger partial charge in [0, 0.05) is 23.1 Å². The molecule has 3 nitrogen and oxygen atoms in total. The Morgan fingerprint density at radius 2 is 1.55 bits per heavy atom. The molecule has 0 saturated heterocycles. The first-order valence-corrected chi connectivity index (χ1v) is 11.1. The minimum atomic E-state index is 0.0414. The molecule has 3 heteroatoms. The zero-order chi connectivity index (χ0) is 20.2. The van der Waals surface area contributed by atoms with Gasteiger partial charge in [0.15, 0.2) is 0 Å². The van der Waals surface area contributed by atoms with Gasteiger partial charge in [-0.3, -0.25) is 4.90 Å². The van der Waals surface area contributed by atoms with Crippen LogP contribution in [-0.4, -0.2) is 30.5 Å². The van der Waals surface area contributed by atoms with Crippen molar-refractivity contribution >= 4 is 10.9 Å².